The zero-order valence-corrected chi connectivity index (χ0v) is 8.54. The van der Waals surface area contributed by atoms with Gasteiger partial charge in [-0.3, -0.25) is 0 Å². The van der Waals surface area contributed by atoms with Gasteiger partial charge in [-0.15, -0.1) is 0 Å². The summed E-state index contributed by atoms with van der Waals surface area (Å²) < 4.78 is 2.01. The van der Waals surface area contributed by atoms with Crippen LogP contribution >= 0.6 is 0 Å². The van der Waals surface area contributed by atoms with E-state index in [1.54, 1.807) is 6.20 Å². The zero-order valence-electron chi connectivity index (χ0n) is 8.54. The minimum Gasteiger partial charge on any atom is -0.311 e. The van der Waals surface area contributed by atoms with Crippen LogP contribution in [0.25, 0.3) is 6.20 Å². The van der Waals surface area contributed by atoms with Crippen LogP contribution < -0.4 is 0 Å². The Hall–Kier alpha value is -1.31. The van der Waals surface area contributed by atoms with Crippen LogP contribution in [0, 0.1) is 6.92 Å². The van der Waals surface area contributed by atoms with Crippen LogP contribution in [-0.2, 0) is 0 Å². The molecule has 2 nitrogen and oxygen atoms in total. The molecule has 0 bridgehead atoms. The standard InChI is InChI=1S/C11H16N2/c1-5-9(2)10(3)8-13-7-6-12-11(13)4/h6-8H,2,5H2,1,3-4H3. The van der Waals surface area contributed by atoms with Crippen LogP contribution in [0.1, 0.15) is 26.1 Å². The van der Waals surface area contributed by atoms with Crippen molar-refractivity contribution in [2.24, 2.45) is 0 Å². The van der Waals surface area contributed by atoms with Crippen LogP contribution in [0.3, 0.4) is 0 Å². The van der Waals surface area contributed by atoms with Crippen molar-refractivity contribution in [1.82, 2.24) is 9.55 Å². The van der Waals surface area contributed by atoms with E-state index in [0.717, 1.165) is 12.2 Å². The molecule has 0 saturated carbocycles. The van der Waals surface area contributed by atoms with E-state index in [9.17, 15) is 0 Å². The van der Waals surface area contributed by atoms with Crippen molar-refractivity contribution in [3.05, 3.63) is 35.9 Å². The highest BCUT2D eigenvalue weighted by Gasteiger charge is 1.96. The van der Waals surface area contributed by atoms with Gasteiger partial charge >= 0.3 is 0 Å². The summed E-state index contributed by atoms with van der Waals surface area (Å²) in [5.41, 5.74) is 2.39. The van der Waals surface area contributed by atoms with Crippen molar-refractivity contribution >= 4 is 6.20 Å². The lowest BCUT2D eigenvalue weighted by molar-refractivity contribution is 1.01. The summed E-state index contributed by atoms with van der Waals surface area (Å²) in [5, 5.41) is 0. The molecule has 0 aliphatic rings. The van der Waals surface area contributed by atoms with Crippen molar-refractivity contribution in [1.29, 1.82) is 0 Å². The Morgan fingerprint density at radius 2 is 2.38 bits per heavy atom. The minimum atomic E-state index is 0.996. The Balaban J connectivity index is 2.88. The first-order chi connectivity index (χ1) is 6.15. The molecule has 0 aliphatic heterocycles. The maximum atomic E-state index is 4.14. The molecule has 0 spiro atoms. The fourth-order valence-corrected chi connectivity index (χ4v) is 1.10. The van der Waals surface area contributed by atoms with Crippen LogP contribution in [0.5, 0.6) is 0 Å². The first kappa shape index (κ1) is 9.78. The van der Waals surface area contributed by atoms with Crippen molar-refractivity contribution in [2.75, 3.05) is 0 Å². The number of hydrogen-bond donors (Lipinski definition) is 0. The fraction of sp³-hybridized carbons (Fsp3) is 0.364. The van der Waals surface area contributed by atoms with E-state index in [0.29, 0.717) is 0 Å². The van der Waals surface area contributed by atoms with Gasteiger partial charge in [-0.1, -0.05) is 19.1 Å². The Labute approximate surface area is 79.6 Å². The van der Waals surface area contributed by atoms with Crippen molar-refractivity contribution in [3.63, 3.8) is 0 Å². The molecule has 0 fully saturated rings. The Morgan fingerprint density at radius 3 is 2.85 bits per heavy atom. The van der Waals surface area contributed by atoms with Crippen LogP contribution in [-0.4, -0.2) is 9.55 Å². The molecule has 1 aromatic heterocycles. The van der Waals surface area contributed by atoms with Crippen molar-refractivity contribution in [2.45, 2.75) is 27.2 Å². The van der Waals surface area contributed by atoms with Crippen molar-refractivity contribution in [3.8, 4) is 0 Å². The summed E-state index contributed by atoms with van der Waals surface area (Å²) in [6.07, 6.45) is 6.81. The van der Waals surface area contributed by atoms with E-state index >= 15 is 0 Å². The second-order valence-corrected chi connectivity index (χ2v) is 3.15. The molecule has 1 aromatic rings. The fourth-order valence-electron chi connectivity index (χ4n) is 1.10. The summed E-state index contributed by atoms with van der Waals surface area (Å²) in [6, 6.07) is 0. The van der Waals surface area contributed by atoms with Gasteiger partial charge in [0.05, 0.1) is 0 Å². The second-order valence-electron chi connectivity index (χ2n) is 3.15. The molecule has 1 rings (SSSR count). The van der Waals surface area contributed by atoms with E-state index < -0.39 is 0 Å². The molecule has 1 heterocycles. The summed E-state index contributed by atoms with van der Waals surface area (Å²) in [6.45, 7) is 10.2. The Bertz CT molecular complexity index is 332. The Kier molecular flexibility index (Phi) is 3.07. The van der Waals surface area contributed by atoms with Crippen LogP contribution in [0.4, 0.5) is 0 Å². The molecular formula is C11H16N2. The van der Waals surface area contributed by atoms with Gasteiger partial charge in [0.15, 0.2) is 0 Å². The minimum absolute atomic E-state index is 0.996. The largest absolute Gasteiger partial charge is 0.311 e. The molecular weight excluding hydrogens is 160 g/mol. The molecule has 13 heavy (non-hydrogen) atoms. The van der Waals surface area contributed by atoms with Gasteiger partial charge in [0, 0.05) is 18.6 Å². The van der Waals surface area contributed by atoms with Gasteiger partial charge in [0.2, 0.25) is 0 Å². The lowest BCUT2D eigenvalue weighted by Crippen LogP contribution is -1.91. The highest BCUT2D eigenvalue weighted by atomic mass is 15.0. The summed E-state index contributed by atoms with van der Waals surface area (Å²) in [7, 11) is 0. The predicted octanol–water partition coefficient (Wildman–Crippen LogP) is 3.02. The lowest BCUT2D eigenvalue weighted by atomic mass is 10.1. The van der Waals surface area contributed by atoms with E-state index in [2.05, 4.69) is 31.6 Å². The molecule has 0 aliphatic carbocycles. The van der Waals surface area contributed by atoms with Gasteiger partial charge in [-0.2, -0.15) is 0 Å². The highest BCUT2D eigenvalue weighted by molar-refractivity contribution is 5.42. The normalized spacial score (nSPS) is 11.8. The molecule has 0 N–H and O–H groups in total. The van der Waals surface area contributed by atoms with Gasteiger partial charge in [0.1, 0.15) is 5.82 Å². The first-order valence-corrected chi connectivity index (χ1v) is 4.51. The average molecular weight is 176 g/mol. The topological polar surface area (TPSA) is 17.8 Å². The average Bonchev–Trinajstić information content (AvgIpc) is 2.50. The molecule has 0 saturated heterocycles. The maximum Gasteiger partial charge on any atom is 0.109 e. The molecule has 0 unspecified atom stereocenters. The molecule has 0 aromatic carbocycles. The van der Waals surface area contributed by atoms with Crippen molar-refractivity contribution < 1.29 is 0 Å². The number of allylic oxidation sites excluding steroid dienone is 2. The monoisotopic (exact) mass is 176 g/mol. The molecule has 0 radical (unpaired) electrons. The smallest absolute Gasteiger partial charge is 0.109 e. The van der Waals surface area contributed by atoms with E-state index in [1.807, 2.05) is 17.7 Å². The first-order valence-electron chi connectivity index (χ1n) is 4.51. The molecule has 0 atom stereocenters. The number of aryl methyl sites for hydroxylation is 1. The lowest BCUT2D eigenvalue weighted by Gasteiger charge is -2.03. The number of rotatable bonds is 3. The third-order valence-corrected chi connectivity index (χ3v) is 2.18. The van der Waals surface area contributed by atoms with Gasteiger partial charge in [0.25, 0.3) is 0 Å². The maximum absolute atomic E-state index is 4.14. The third kappa shape index (κ3) is 2.31. The van der Waals surface area contributed by atoms with E-state index in [-0.39, 0.29) is 0 Å². The van der Waals surface area contributed by atoms with Gasteiger partial charge in [-0.25, -0.2) is 4.98 Å². The predicted molar refractivity (Wildman–Crippen MR) is 56.3 cm³/mol. The second kappa shape index (κ2) is 4.08. The summed E-state index contributed by atoms with van der Waals surface area (Å²) in [5.74, 6) is 1.00. The van der Waals surface area contributed by atoms with Gasteiger partial charge in [-0.05, 0) is 25.8 Å². The third-order valence-electron chi connectivity index (χ3n) is 2.18. The van der Waals surface area contributed by atoms with Crippen LogP contribution in [0.2, 0.25) is 0 Å². The molecule has 2 heteroatoms. The Morgan fingerprint density at radius 1 is 1.69 bits per heavy atom. The summed E-state index contributed by atoms with van der Waals surface area (Å²) in [4.78, 5) is 4.14. The number of imidazole rings is 1. The zero-order chi connectivity index (χ0) is 9.84. The quantitative estimate of drug-likeness (QED) is 0.647. The SMILES string of the molecule is C=C(CC)C(C)=Cn1ccnc1C. The van der Waals surface area contributed by atoms with E-state index in [1.165, 1.54) is 11.1 Å². The van der Waals surface area contributed by atoms with E-state index in [4.69, 9.17) is 0 Å². The summed E-state index contributed by atoms with van der Waals surface area (Å²) >= 11 is 0. The number of hydrogen-bond acceptors (Lipinski definition) is 1. The van der Waals surface area contributed by atoms with Crippen LogP contribution in [0.15, 0.2) is 30.1 Å². The van der Waals surface area contributed by atoms with Gasteiger partial charge < -0.3 is 4.57 Å². The molecule has 0 amide bonds. The molecule has 70 valence electrons. The highest BCUT2D eigenvalue weighted by Crippen LogP contribution is 2.12. The number of nitrogens with zero attached hydrogens (tertiary/aromatic N) is 2. The number of aromatic nitrogens is 2.